The lowest BCUT2D eigenvalue weighted by molar-refractivity contribution is -0.119. The Kier molecular flexibility index (Phi) is 6.57. The highest BCUT2D eigenvalue weighted by Gasteiger charge is 2.35. The number of anilines is 2. The van der Waals surface area contributed by atoms with Crippen molar-refractivity contribution < 1.29 is 9.59 Å². The zero-order valence-corrected chi connectivity index (χ0v) is 18.1. The third-order valence-corrected chi connectivity index (χ3v) is 6.31. The van der Waals surface area contributed by atoms with Gasteiger partial charge in [0.25, 0.3) is 5.91 Å². The minimum atomic E-state index is -0.478. The van der Waals surface area contributed by atoms with Gasteiger partial charge in [0.05, 0.1) is 5.88 Å². The SMILES string of the molecule is CC(Nc1ccc(NC(=O)C2CSCN2C(=O)c2ccccc2)cc1)c1ccccc1. The van der Waals surface area contributed by atoms with Crippen LogP contribution in [0.5, 0.6) is 0 Å². The van der Waals surface area contributed by atoms with Crippen molar-refractivity contribution in [2.75, 3.05) is 22.3 Å². The van der Waals surface area contributed by atoms with Crippen LogP contribution in [0.2, 0.25) is 0 Å². The van der Waals surface area contributed by atoms with Gasteiger partial charge in [0.2, 0.25) is 5.91 Å². The molecule has 158 valence electrons. The van der Waals surface area contributed by atoms with Gasteiger partial charge in [-0.25, -0.2) is 0 Å². The molecule has 2 amide bonds. The molecule has 0 saturated carbocycles. The Hall–Kier alpha value is -3.25. The number of hydrogen-bond donors (Lipinski definition) is 2. The third kappa shape index (κ3) is 5.09. The lowest BCUT2D eigenvalue weighted by Gasteiger charge is -2.23. The smallest absolute Gasteiger partial charge is 0.255 e. The van der Waals surface area contributed by atoms with Gasteiger partial charge < -0.3 is 15.5 Å². The molecule has 3 aromatic carbocycles. The molecule has 0 aliphatic carbocycles. The van der Waals surface area contributed by atoms with E-state index in [2.05, 4.69) is 29.7 Å². The van der Waals surface area contributed by atoms with Crippen LogP contribution in [0.15, 0.2) is 84.9 Å². The number of hydrogen-bond acceptors (Lipinski definition) is 4. The molecule has 6 heteroatoms. The Labute approximate surface area is 186 Å². The molecule has 4 rings (SSSR count). The van der Waals surface area contributed by atoms with E-state index in [1.807, 2.05) is 60.7 Å². The highest BCUT2D eigenvalue weighted by Crippen LogP contribution is 2.25. The average molecular weight is 432 g/mol. The first-order chi connectivity index (χ1) is 15.1. The van der Waals surface area contributed by atoms with Gasteiger partial charge in [0.1, 0.15) is 6.04 Å². The number of rotatable bonds is 6. The van der Waals surface area contributed by atoms with Crippen LogP contribution in [-0.2, 0) is 4.79 Å². The van der Waals surface area contributed by atoms with Crippen molar-refractivity contribution in [1.29, 1.82) is 0 Å². The van der Waals surface area contributed by atoms with Crippen LogP contribution in [0.25, 0.3) is 0 Å². The first-order valence-corrected chi connectivity index (χ1v) is 11.4. The Balaban J connectivity index is 1.37. The summed E-state index contributed by atoms with van der Waals surface area (Å²) in [7, 11) is 0. The van der Waals surface area contributed by atoms with Crippen molar-refractivity contribution in [3.63, 3.8) is 0 Å². The molecule has 0 bridgehead atoms. The molecule has 1 saturated heterocycles. The minimum absolute atomic E-state index is 0.111. The van der Waals surface area contributed by atoms with E-state index in [0.29, 0.717) is 22.9 Å². The van der Waals surface area contributed by atoms with Crippen molar-refractivity contribution in [2.24, 2.45) is 0 Å². The fourth-order valence-corrected chi connectivity index (χ4v) is 4.71. The van der Waals surface area contributed by atoms with Crippen molar-refractivity contribution >= 4 is 35.0 Å². The fraction of sp³-hybridized carbons (Fsp3) is 0.200. The van der Waals surface area contributed by atoms with Crippen molar-refractivity contribution in [3.8, 4) is 0 Å². The second-order valence-electron chi connectivity index (χ2n) is 7.50. The molecule has 2 unspecified atom stereocenters. The Morgan fingerprint density at radius 2 is 1.52 bits per heavy atom. The predicted octanol–water partition coefficient (Wildman–Crippen LogP) is 5.01. The number of carbonyl (C=O) groups is 2. The molecular weight excluding hydrogens is 406 g/mol. The summed E-state index contributed by atoms with van der Waals surface area (Å²) in [6, 6.07) is 26.7. The minimum Gasteiger partial charge on any atom is -0.379 e. The van der Waals surface area contributed by atoms with E-state index >= 15 is 0 Å². The van der Waals surface area contributed by atoms with E-state index in [-0.39, 0.29) is 17.9 Å². The number of benzene rings is 3. The molecule has 0 spiro atoms. The summed E-state index contributed by atoms with van der Waals surface area (Å²) in [5, 5.41) is 6.42. The summed E-state index contributed by atoms with van der Waals surface area (Å²) >= 11 is 1.59. The second kappa shape index (κ2) is 9.71. The van der Waals surface area contributed by atoms with Gasteiger partial charge in [-0.15, -0.1) is 11.8 Å². The standard InChI is InChI=1S/C25H25N3O2S/c1-18(19-8-4-2-5-9-19)26-21-12-14-22(15-13-21)27-24(29)23-16-31-17-28(23)25(30)20-10-6-3-7-11-20/h2-15,18,23,26H,16-17H2,1H3,(H,27,29). The zero-order chi connectivity index (χ0) is 21.6. The Morgan fingerprint density at radius 3 is 2.19 bits per heavy atom. The summed E-state index contributed by atoms with van der Waals surface area (Å²) < 4.78 is 0. The van der Waals surface area contributed by atoms with Crippen molar-refractivity contribution in [2.45, 2.75) is 19.0 Å². The summed E-state index contributed by atoms with van der Waals surface area (Å²) in [6.45, 7) is 2.11. The first-order valence-electron chi connectivity index (χ1n) is 10.3. The van der Waals surface area contributed by atoms with Gasteiger partial charge in [0.15, 0.2) is 0 Å². The molecule has 2 atom stereocenters. The average Bonchev–Trinajstić information content (AvgIpc) is 3.31. The lowest BCUT2D eigenvalue weighted by atomic mass is 10.1. The molecule has 1 fully saturated rings. The maximum atomic E-state index is 12.9. The topological polar surface area (TPSA) is 61.4 Å². The highest BCUT2D eigenvalue weighted by molar-refractivity contribution is 7.99. The third-order valence-electron chi connectivity index (χ3n) is 5.30. The number of carbonyl (C=O) groups excluding carboxylic acids is 2. The highest BCUT2D eigenvalue weighted by atomic mass is 32.2. The lowest BCUT2D eigenvalue weighted by Crippen LogP contribution is -2.44. The van der Waals surface area contributed by atoms with Crippen molar-refractivity contribution in [1.82, 2.24) is 4.90 Å². The van der Waals surface area contributed by atoms with Crippen molar-refractivity contribution in [3.05, 3.63) is 96.1 Å². The van der Waals surface area contributed by atoms with Crippen LogP contribution in [0.4, 0.5) is 11.4 Å². The number of nitrogens with one attached hydrogen (secondary N) is 2. The maximum absolute atomic E-state index is 12.9. The zero-order valence-electron chi connectivity index (χ0n) is 17.3. The van der Waals surface area contributed by atoms with Crippen LogP contribution < -0.4 is 10.6 Å². The van der Waals surface area contributed by atoms with Gasteiger partial charge in [-0.2, -0.15) is 0 Å². The van der Waals surface area contributed by atoms with Gasteiger partial charge in [0, 0.05) is 28.7 Å². The maximum Gasteiger partial charge on any atom is 0.255 e. The monoisotopic (exact) mass is 431 g/mol. The summed E-state index contributed by atoms with van der Waals surface area (Å²) in [6.07, 6.45) is 0. The molecule has 31 heavy (non-hydrogen) atoms. The van der Waals surface area contributed by atoms with Crippen LogP contribution >= 0.6 is 11.8 Å². The molecule has 1 aliphatic heterocycles. The van der Waals surface area contributed by atoms with Gasteiger partial charge in [-0.3, -0.25) is 9.59 Å². The van der Waals surface area contributed by atoms with E-state index in [9.17, 15) is 9.59 Å². The van der Waals surface area contributed by atoms with Crippen LogP contribution in [-0.4, -0.2) is 34.4 Å². The van der Waals surface area contributed by atoms with Gasteiger partial charge in [-0.1, -0.05) is 48.5 Å². The van der Waals surface area contributed by atoms with Gasteiger partial charge in [-0.05, 0) is 48.9 Å². The normalized spacial score (nSPS) is 16.5. The molecule has 0 aromatic heterocycles. The van der Waals surface area contributed by atoms with Gasteiger partial charge >= 0.3 is 0 Å². The summed E-state index contributed by atoms with van der Waals surface area (Å²) in [5.41, 5.74) is 3.51. The van der Waals surface area contributed by atoms with Crippen LogP contribution in [0.3, 0.4) is 0 Å². The number of amides is 2. The fourth-order valence-electron chi connectivity index (χ4n) is 3.56. The molecule has 2 N–H and O–H groups in total. The molecule has 1 heterocycles. The van der Waals surface area contributed by atoms with E-state index < -0.39 is 6.04 Å². The van der Waals surface area contributed by atoms with E-state index in [0.717, 1.165) is 5.69 Å². The Morgan fingerprint density at radius 1 is 0.903 bits per heavy atom. The molecule has 5 nitrogen and oxygen atoms in total. The van der Waals surface area contributed by atoms with Crippen LogP contribution in [0.1, 0.15) is 28.9 Å². The summed E-state index contributed by atoms with van der Waals surface area (Å²) in [4.78, 5) is 27.3. The number of nitrogens with zero attached hydrogens (tertiary/aromatic N) is 1. The molecule has 0 radical (unpaired) electrons. The van der Waals surface area contributed by atoms with E-state index in [1.54, 1.807) is 28.8 Å². The molecule has 1 aliphatic rings. The Bertz CT molecular complexity index is 1030. The summed E-state index contributed by atoms with van der Waals surface area (Å²) in [5.74, 6) is 0.845. The molecular formula is C25H25N3O2S. The van der Waals surface area contributed by atoms with Crippen LogP contribution in [0, 0.1) is 0 Å². The predicted molar refractivity (Wildman–Crippen MR) is 127 cm³/mol. The van der Waals surface area contributed by atoms with E-state index in [4.69, 9.17) is 0 Å². The van der Waals surface area contributed by atoms with E-state index in [1.165, 1.54) is 5.56 Å². The quantitative estimate of drug-likeness (QED) is 0.576. The largest absolute Gasteiger partial charge is 0.379 e. The second-order valence-corrected chi connectivity index (χ2v) is 8.50. The molecule has 3 aromatic rings. The number of thioether (sulfide) groups is 1. The first kappa shape index (κ1) is 21.0.